The van der Waals surface area contributed by atoms with E-state index < -0.39 is 0 Å². The van der Waals surface area contributed by atoms with Gasteiger partial charge in [-0.25, -0.2) is 0 Å². The molecule has 0 spiro atoms. The first-order valence-corrected chi connectivity index (χ1v) is 4.36. The van der Waals surface area contributed by atoms with E-state index in [1.807, 2.05) is 0 Å². The van der Waals surface area contributed by atoms with Crippen molar-refractivity contribution in [2.75, 3.05) is 5.32 Å². The molecule has 1 aromatic rings. The Balaban J connectivity index is 0.000000653. The van der Waals surface area contributed by atoms with Gasteiger partial charge in [-0.05, 0) is 18.1 Å². The highest BCUT2D eigenvalue weighted by Crippen LogP contribution is 2.60. The van der Waals surface area contributed by atoms with Crippen molar-refractivity contribution < 1.29 is 1.43 Å². The predicted octanol–water partition coefficient (Wildman–Crippen LogP) is 2.77. The Morgan fingerprint density at radius 3 is 3.17 bits per heavy atom. The third-order valence-corrected chi connectivity index (χ3v) is 3.07. The molecule has 1 heteroatoms. The molecule has 2 unspecified atom stereocenters. The third-order valence-electron chi connectivity index (χ3n) is 3.07. The van der Waals surface area contributed by atoms with Gasteiger partial charge in [0.05, 0.1) is 5.54 Å². The zero-order valence-corrected chi connectivity index (χ0v) is 6.88. The highest BCUT2D eigenvalue weighted by atomic mass is 15.1. The molecule has 12 heavy (non-hydrogen) atoms. The van der Waals surface area contributed by atoms with E-state index in [1.54, 1.807) is 0 Å². The van der Waals surface area contributed by atoms with E-state index in [9.17, 15) is 0 Å². The van der Waals surface area contributed by atoms with Crippen molar-refractivity contribution in [3.8, 4) is 0 Å². The molecular weight excluding hydrogens is 146 g/mol. The highest BCUT2D eigenvalue weighted by Gasteiger charge is 2.57. The second-order valence-corrected chi connectivity index (χ2v) is 3.71. The van der Waals surface area contributed by atoms with E-state index in [0.717, 1.165) is 0 Å². The number of anilines is 1. The molecule has 62 valence electrons. The summed E-state index contributed by atoms with van der Waals surface area (Å²) in [6.45, 7) is 3.88. The van der Waals surface area contributed by atoms with Crippen molar-refractivity contribution in [1.82, 2.24) is 0 Å². The molecule has 1 nitrogen and oxygen atoms in total. The Morgan fingerprint density at radius 1 is 1.58 bits per heavy atom. The van der Waals surface area contributed by atoms with E-state index in [1.165, 1.54) is 17.7 Å². The van der Waals surface area contributed by atoms with Gasteiger partial charge in [-0.2, -0.15) is 0 Å². The number of para-hydroxylation sites is 1. The lowest BCUT2D eigenvalue weighted by Crippen LogP contribution is -2.14. The van der Waals surface area contributed by atoms with E-state index in [0.29, 0.717) is 5.92 Å². The predicted molar refractivity (Wildman–Crippen MR) is 52.5 cm³/mol. The van der Waals surface area contributed by atoms with Crippen LogP contribution in [0.25, 0.3) is 0 Å². The van der Waals surface area contributed by atoms with Gasteiger partial charge in [0.15, 0.2) is 0 Å². The van der Waals surface area contributed by atoms with Crippen molar-refractivity contribution in [3.05, 3.63) is 42.5 Å². The number of hydrogen-bond donors (Lipinski definition) is 1. The first kappa shape index (κ1) is 6.30. The molecule has 0 aromatic heterocycles. The van der Waals surface area contributed by atoms with Crippen LogP contribution in [0.3, 0.4) is 0 Å². The molecule has 0 saturated heterocycles. The molecule has 2 atom stereocenters. The molecule has 1 fully saturated rings. The third kappa shape index (κ3) is 0.558. The lowest BCUT2D eigenvalue weighted by Gasteiger charge is -2.08. The van der Waals surface area contributed by atoms with Crippen LogP contribution in [0.5, 0.6) is 0 Å². The zero-order chi connectivity index (χ0) is 8.18. The molecule has 0 amide bonds. The number of benzene rings is 1. The standard InChI is InChI=1S/C11H11N.H2/c1-2-11-7-9(11)8-5-3-4-6-10(8)12-11;/h2-6,9,12H,1,7H2;1H. The van der Waals surface area contributed by atoms with Gasteiger partial charge in [0.1, 0.15) is 0 Å². The van der Waals surface area contributed by atoms with Crippen LogP contribution in [-0.2, 0) is 0 Å². The van der Waals surface area contributed by atoms with E-state index in [2.05, 4.69) is 42.2 Å². The SMILES string of the molecule is C=CC12CC1c1ccccc1N2.[HH]. The fourth-order valence-corrected chi connectivity index (χ4v) is 2.25. The van der Waals surface area contributed by atoms with Crippen LogP contribution >= 0.6 is 0 Å². The number of rotatable bonds is 1. The molecule has 1 aliphatic carbocycles. The molecule has 1 saturated carbocycles. The molecule has 2 aliphatic rings. The van der Waals surface area contributed by atoms with Crippen LogP contribution in [0.4, 0.5) is 5.69 Å². The molecular formula is C11H13N. The molecule has 1 aromatic carbocycles. The fourth-order valence-electron chi connectivity index (χ4n) is 2.25. The zero-order valence-electron chi connectivity index (χ0n) is 6.88. The summed E-state index contributed by atoms with van der Waals surface area (Å²) in [6, 6.07) is 8.55. The molecule has 3 rings (SSSR count). The first-order valence-electron chi connectivity index (χ1n) is 4.36. The summed E-state index contributed by atoms with van der Waals surface area (Å²) >= 11 is 0. The van der Waals surface area contributed by atoms with Gasteiger partial charge in [0.2, 0.25) is 0 Å². The Bertz CT molecular complexity index is 361. The minimum Gasteiger partial charge on any atom is -0.375 e. The Labute approximate surface area is 73.6 Å². The largest absolute Gasteiger partial charge is 0.375 e. The molecule has 1 N–H and O–H groups in total. The highest BCUT2D eigenvalue weighted by molar-refractivity contribution is 5.68. The number of hydrogen-bond acceptors (Lipinski definition) is 1. The van der Waals surface area contributed by atoms with Crippen LogP contribution in [0, 0.1) is 0 Å². The topological polar surface area (TPSA) is 12.0 Å². The Hall–Kier alpha value is -1.24. The van der Waals surface area contributed by atoms with Gasteiger partial charge >= 0.3 is 0 Å². The smallest absolute Gasteiger partial charge is 0.0630 e. The molecule has 1 aliphatic heterocycles. The van der Waals surface area contributed by atoms with Crippen molar-refractivity contribution in [2.45, 2.75) is 17.9 Å². The van der Waals surface area contributed by atoms with Gasteiger partial charge in [0, 0.05) is 13.0 Å². The first-order chi connectivity index (χ1) is 5.86. The van der Waals surface area contributed by atoms with Crippen molar-refractivity contribution >= 4 is 5.69 Å². The number of fused-ring (bicyclic) bond motifs is 3. The molecule has 0 radical (unpaired) electrons. The average molecular weight is 159 g/mol. The fraction of sp³-hybridized carbons (Fsp3) is 0.273. The van der Waals surface area contributed by atoms with Gasteiger partial charge in [-0.15, -0.1) is 6.58 Å². The Morgan fingerprint density at radius 2 is 2.42 bits per heavy atom. The van der Waals surface area contributed by atoms with Crippen LogP contribution in [-0.4, -0.2) is 5.54 Å². The van der Waals surface area contributed by atoms with Crippen LogP contribution in [0.2, 0.25) is 0 Å². The monoisotopic (exact) mass is 159 g/mol. The quantitative estimate of drug-likeness (QED) is 0.621. The lowest BCUT2D eigenvalue weighted by atomic mass is 10.1. The Kier molecular flexibility index (Phi) is 0.912. The van der Waals surface area contributed by atoms with Crippen molar-refractivity contribution in [3.63, 3.8) is 0 Å². The van der Waals surface area contributed by atoms with E-state index in [4.69, 9.17) is 0 Å². The maximum Gasteiger partial charge on any atom is 0.0630 e. The summed E-state index contributed by atoms with van der Waals surface area (Å²) in [6.07, 6.45) is 3.28. The average Bonchev–Trinajstić information content (AvgIpc) is 2.75. The van der Waals surface area contributed by atoms with Gasteiger partial charge in [-0.1, -0.05) is 24.3 Å². The summed E-state index contributed by atoms with van der Waals surface area (Å²) in [5, 5.41) is 3.52. The van der Waals surface area contributed by atoms with Crippen molar-refractivity contribution in [1.29, 1.82) is 0 Å². The second kappa shape index (κ2) is 1.74. The minimum absolute atomic E-state index is 0. The van der Waals surface area contributed by atoms with Crippen LogP contribution < -0.4 is 5.32 Å². The minimum atomic E-state index is 0. The summed E-state index contributed by atoms with van der Waals surface area (Å²) in [4.78, 5) is 0. The number of nitrogens with one attached hydrogen (secondary N) is 1. The van der Waals surface area contributed by atoms with E-state index in [-0.39, 0.29) is 6.97 Å². The summed E-state index contributed by atoms with van der Waals surface area (Å²) in [5.74, 6) is 0.700. The van der Waals surface area contributed by atoms with Crippen LogP contribution in [0.15, 0.2) is 36.9 Å². The normalized spacial score (nSPS) is 34.8. The molecule has 0 bridgehead atoms. The maximum atomic E-state index is 3.88. The summed E-state index contributed by atoms with van der Waals surface area (Å²) in [5.41, 5.74) is 3.00. The maximum absolute atomic E-state index is 3.88. The second-order valence-electron chi connectivity index (χ2n) is 3.71. The van der Waals surface area contributed by atoms with Gasteiger partial charge < -0.3 is 5.32 Å². The van der Waals surface area contributed by atoms with Crippen molar-refractivity contribution in [2.24, 2.45) is 0 Å². The van der Waals surface area contributed by atoms with Crippen LogP contribution in [0.1, 0.15) is 19.3 Å². The summed E-state index contributed by atoms with van der Waals surface area (Å²) in [7, 11) is 0. The van der Waals surface area contributed by atoms with Gasteiger partial charge in [-0.3, -0.25) is 0 Å². The van der Waals surface area contributed by atoms with Gasteiger partial charge in [0.25, 0.3) is 0 Å². The molecule has 1 heterocycles. The van der Waals surface area contributed by atoms with E-state index >= 15 is 0 Å². The summed E-state index contributed by atoms with van der Waals surface area (Å²) < 4.78 is 0. The lowest BCUT2D eigenvalue weighted by molar-refractivity contribution is 0.930.